The molecule has 0 unspecified atom stereocenters. The highest BCUT2D eigenvalue weighted by Crippen LogP contribution is 2.19. The minimum absolute atomic E-state index is 0.0123. The number of nitrogens with one attached hydrogen (secondary N) is 1. The van der Waals surface area contributed by atoms with Crippen molar-refractivity contribution in [3.63, 3.8) is 0 Å². The van der Waals surface area contributed by atoms with Gasteiger partial charge in [-0.15, -0.1) is 11.3 Å². The summed E-state index contributed by atoms with van der Waals surface area (Å²) in [5, 5.41) is 4.79. The second-order valence-corrected chi connectivity index (χ2v) is 6.36. The van der Waals surface area contributed by atoms with Crippen molar-refractivity contribution in [1.29, 1.82) is 0 Å². The summed E-state index contributed by atoms with van der Waals surface area (Å²) in [6.07, 6.45) is 0. The molecule has 2 heterocycles. The quantitative estimate of drug-likeness (QED) is 0.917. The maximum atomic E-state index is 12.6. The third kappa shape index (κ3) is 3.37. The smallest absolute Gasteiger partial charge is 0.321 e. The van der Waals surface area contributed by atoms with Gasteiger partial charge in [-0.3, -0.25) is 9.69 Å². The number of hydrogen-bond acceptors (Lipinski definition) is 3. The van der Waals surface area contributed by atoms with Crippen LogP contribution in [0, 0.1) is 0 Å². The van der Waals surface area contributed by atoms with Crippen LogP contribution in [0.2, 0.25) is 0 Å². The number of carbonyl (C=O) groups excluding carboxylic acids is 2. The molecule has 1 saturated heterocycles. The summed E-state index contributed by atoms with van der Waals surface area (Å²) >= 11 is 1.65. The van der Waals surface area contributed by atoms with Gasteiger partial charge in [0.1, 0.15) is 0 Å². The lowest BCUT2D eigenvalue weighted by atomic mass is 10.1. The Labute approximate surface area is 139 Å². The molecule has 1 aliphatic heterocycles. The second-order valence-electron chi connectivity index (χ2n) is 5.33. The average molecular weight is 329 g/mol. The van der Waals surface area contributed by atoms with Crippen molar-refractivity contribution in [2.24, 2.45) is 0 Å². The largest absolute Gasteiger partial charge is 0.336 e. The van der Waals surface area contributed by atoms with Crippen LogP contribution in [-0.4, -0.2) is 36.5 Å². The third-order valence-corrected chi connectivity index (χ3v) is 4.74. The molecule has 1 aromatic heterocycles. The predicted octanol–water partition coefficient (Wildman–Crippen LogP) is 2.94. The van der Waals surface area contributed by atoms with Crippen molar-refractivity contribution in [2.75, 3.05) is 24.5 Å². The molecule has 3 amide bonds. The predicted molar refractivity (Wildman–Crippen MR) is 91.9 cm³/mol. The molecule has 1 aromatic carbocycles. The number of anilines is 1. The van der Waals surface area contributed by atoms with Gasteiger partial charge in [0.25, 0.3) is 5.91 Å². The standard InChI is InChI=1S/C17H19N3O2S/c1-2-19(12-15-4-3-11-23-15)16(21)13-5-7-14(8-6-13)20-10-9-18-17(20)22/h3-8,11H,2,9-10,12H2,1H3,(H,18,22). The first kappa shape index (κ1) is 15.6. The second kappa shape index (κ2) is 6.83. The number of benzene rings is 1. The van der Waals surface area contributed by atoms with Gasteiger partial charge in [-0.25, -0.2) is 4.79 Å². The molecule has 2 aromatic rings. The normalized spacial score (nSPS) is 14.0. The van der Waals surface area contributed by atoms with E-state index in [0.717, 1.165) is 5.69 Å². The van der Waals surface area contributed by atoms with E-state index in [4.69, 9.17) is 0 Å². The van der Waals surface area contributed by atoms with Crippen molar-refractivity contribution in [1.82, 2.24) is 10.2 Å². The lowest BCUT2D eigenvalue weighted by Crippen LogP contribution is -2.30. The lowest BCUT2D eigenvalue weighted by molar-refractivity contribution is 0.0754. The van der Waals surface area contributed by atoms with E-state index in [1.165, 1.54) is 4.88 Å². The fourth-order valence-corrected chi connectivity index (χ4v) is 3.32. The van der Waals surface area contributed by atoms with Gasteiger partial charge in [0.15, 0.2) is 0 Å². The molecular weight excluding hydrogens is 310 g/mol. The molecule has 6 heteroatoms. The Bertz CT molecular complexity index is 682. The monoisotopic (exact) mass is 329 g/mol. The number of rotatable bonds is 5. The van der Waals surface area contributed by atoms with Crippen LogP contribution < -0.4 is 10.2 Å². The molecule has 0 bridgehead atoms. The van der Waals surface area contributed by atoms with E-state index in [1.807, 2.05) is 41.5 Å². The number of carbonyl (C=O) groups is 2. The molecule has 0 aliphatic carbocycles. The fraction of sp³-hybridized carbons (Fsp3) is 0.294. The highest BCUT2D eigenvalue weighted by atomic mass is 32.1. The van der Waals surface area contributed by atoms with Crippen LogP contribution in [0.3, 0.4) is 0 Å². The summed E-state index contributed by atoms with van der Waals surface area (Å²) < 4.78 is 0. The van der Waals surface area contributed by atoms with Gasteiger partial charge >= 0.3 is 6.03 Å². The Kier molecular flexibility index (Phi) is 4.62. The molecule has 0 spiro atoms. The van der Waals surface area contributed by atoms with E-state index >= 15 is 0 Å². The maximum absolute atomic E-state index is 12.6. The zero-order chi connectivity index (χ0) is 16.2. The first-order chi connectivity index (χ1) is 11.2. The zero-order valence-corrected chi connectivity index (χ0v) is 13.8. The number of amides is 3. The zero-order valence-electron chi connectivity index (χ0n) is 13.0. The first-order valence-electron chi connectivity index (χ1n) is 7.66. The molecule has 5 nitrogen and oxygen atoms in total. The van der Waals surface area contributed by atoms with Crippen LogP contribution >= 0.6 is 11.3 Å². The van der Waals surface area contributed by atoms with Crippen LogP contribution in [0.5, 0.6) is 0 Å². The topological polar surface area (TPSA) is 52.7 Å². The van der Waals surface area contributed by atoms with E-state index < -0.39 is 0 Å². The number of hydrogen-bond donors (Lipinski definition) is 1. The van der Waals surface area contributed by atoms with Crippen LogP contribution in [0.4, 0.5) is 10.5 Å². The van der Waals surface area contributed by atoms with Crippen molar-refractivity contribution in [3.8, 4) is 0 Å². The summed E-state index contributed by atoms with van der Waals surface area (Å²) in [5.74, 6) is 0.0123. The van der Waals surface area contributed by atoms with Gasteiger partial charge in [-0.2, -0.15) is 0 Å². The molecule has 23 heavy (non-hydrogen) atoms. The summed E-state index contributed by atoms with van der Waals surface area (Å²) in [6.45, 7) is 4.58. The van der Waals surface area contributed by atoms with Gasteiger partial charge in [-0.1, -0.05) is 6.07 Å². The maximum Gasteiger partial charge on any atom is 0.321 e. The van der Waals surface area contributed by atoms with E-state index in [1.54, 1.807) is 28.4 Å². The molecule has 0 atom stereocenters. The Morgan fingerprint density at radius 3 is 2.65 bits per heavy atom. The molecular formula is C17H19N3O2S. The van der Waals surface area contributed by atoms with E-state index in [-0.39, 0.29) is 11.9 Å². The number of nitrogens with zero attached hydrogens (tertiary/aromatic N) is 2. The van der Waals surface area contributed by atoms with Crippen LogP contribution in [-0.2, 0) is 6.54 Å². The van der Waals surface area contributed by atoms with Crippen LogP contribution in [0.1, 0.15) is 22.2 Å². The minimum atomic E-state index is -0.0862. The lowest BCUT2D eigenvalue weighted by Gasteiger charge is -2.21. The van der Waals surface area contributed by atoms with Crippen LogP contribution in [0.25, 0.3) is 0 Å². The van der Waals surface area contributed by atoms with Gasteiger partial charge in [0.2, 0.25) is 0 Å². The minimum Gasteiger partial charge on any atom is -0.336 e. The van der Waals surface area contributed by atoms with Crippen molar-refractivity contribution < 1.29 is 9.59 Å². The van der Waals surface area contributed by atoms with Crippen molar-refractivity contribution in [3.05, 3.63) is 52.2 Å². The van der Waals surface area contributed by atoms with Gasteiger partial charge < -0.3 is 10.2 Å². The van der Waals surface area contributed by atoms with Crippen molar-refractivity contribution in [2.45, 2.75) is 13.5 Å². The molecule has 0 saturated carbocycles. The fourth-order valence-electron chi connectivity index (χ4n) is 2.60. The summed E-state index contributed by atoms with van der Waals surface area (Å²) in [7, 11) is 0. The molecule has 1 N–H and O–H groups in total. The van der Waals surface area contributed by atoms with Crippen LogP contribution in [0.15, 0.2) is 41.8 Å². The number of thiophene rings is 1. The van der Waals surface area contributed by atoms with Crippen molar-refractivity contribution >= 4 is 29.0 Å². The first-order valence-corrected chi connectivity index (χ1v) is 8.54. The highest BCUT2D eigenvalue weighted by molar-refractivity contribution is 7.09. The molecule has 1 aliphatic rings. The SMILES string of the molecule is CCN(Cc1cccs1)C(=O)c1ccc(N2CCNC2=O)cc1. The van der Waals surface area contributed by atoms with E-state index in [9.17, 15) is 9.59 Å². The molecule has 120 valence electrons. The van der Waals surface area contributed by atoms with Gasteiger partial charge in [0.05, 0.1) is 6.54 Å². The van der Waals surface area contributed by atoms with Gasteiger partial charge in [-0.05, 0) is 42.6 Å². The summed E-state index contributed by atoms with van der Waals surface area (Å²) in [5.41, 5.74) is 1.46. The van der Waals surface area contributed by atoms with E-state index in [2.05, 4.69) is 5.32 Å². The number of urea groups is 1. The Hall–Kier alpha value is -2.34. The summed E-state index contributed by atoms with van der Waals surface area (Å²) in [6, 6.07) is 11.2. The average Bonchev–Trinajstić information content (AvgIpc) is 3.23. The molecule has 1 fully saturated rings. The Morgan fingerprint density at radius 2 is 2.09 bits per heavy atom. The Morgan fingerprint density at radius 1 is 1.30 bits per heavy atom. The Balaban J connectivity index is 1.72. The van der Waals surface area contributed by atoms with E-state index in [0.29, 0.717) is 31.7 Å². The third-order valence-electron chi connectivity index (χ3n) is 3.88. The van der Waals surface area contributed by atoms with Gasteiger partial charge in [0, 0.05) is 35.8 Å². The molecule has 0 radical (unpaired) electrons. The molecule has 3 rings (SSSR count). The highest BCUT2D eigenvalue weighted by Gasteiger charge is 2.21. The summed E-state index contributed by atoms with van der Waals surface area (Å²) in [4.78, 5) is 29.0.